The zero-order valence-corrected chi connectivity index (χ0v) is 13.2. The maximum Gasteiger partial charge on any atom is 0.138 e. The number of hydrogen-bond acceptors (Lipinski definition) is 3. The van der Waals surface area contributed by atoms with E-state index in [1.807, 2.05) is 27.1 Å². The van der Waals surface area contributed by atoms with E-state index in [0.29, 0.717) is 6.04 Å². The normalized spacial score (nSPS) is 13.6. The molecule has 1 rings (SSSR count). The van der Waals surface area contributed by atoms with Crippen LogP contribution in [0.1, 0.15) is 46.6 Å². The molecule has 19 heavy (non-hydrogen) atoms. The van der Waals surface area contributed by atoms with Crippen molar-refractivity contribution < 1.29 is 4.74 Å². The summed E-state index contributed by atoms with van der Waals surface area (Å²) in [5.74, 6) is 0.865. The Bertz CT molecular complexity index is 383. The van der Waals surface area contributed by atoms with E-state index in [9.17, 15) is 0 Å². The minimum atomic E-state index is 0.191. The lowest BCUT2D eigenvalue weighted by Gasteiger charge is -2.30. The molecule has 3 heteroatoms. The predicted octanol–water partition coefficient (Wildman–Crippen LogP) is 3.44. The fraction of sp³-hybridized carbons (Fsp3) is 0.688. The van der Waals surface area contributed by atoms with Crippen LogP contribution in [-0.2, 0) is 6.42 Å². The highest BCUT2D eigenvalue weighted by molar-refractivity contribution is 5.24. The molecular formula is C16H28N2O. The number of pyridine rings is 1. The molecule has 1 atom stereocenters. The van der Waals surface area contributed by atoms with Gasteiger partial charge in [-0.1, -0.05) is 20.8 Å². The van der Waals surface area contributed by atoms with Gasteiger partial charge in [-0.05, 0) is 50.8 Å². The van der Waals surface area contributed by atoms with Crippen LogP contribution in [0, 0.1) is 5.41 Å². The predicted molar refractivity (Wildman–Crippen MR) is 80.6 cm³/mol. The van der Waals surface area contributed by atoms with Crippen LogP contribution in [0.2, 0.25) is 0 Å². The molecule has 0 fully saturated rings. The molecule has 0 bridgehead atoms. The first-order valence-electron chi connectivity index (χ1n) is 7.10. The van der Waals surface area contributed by atoms with Gasteiger partial charge in [-0.2, -0.15) is 0 Å². The minimum absolute atomic E-state index is 0.191. The lowest BCUT2D eigenvalue weighted by atomic mass is 9.83. The van der Waals surface area contributed by atoms with Crippen LogP contribution >= 0.6 is 0 Å². The van der Waals surface area contributed by atoms with Gasteiger partial charge in [-0.15, -0.1) is 0 Å². The van der Waals surface area contributed by atoms with Crippen molar-refractivity contribution in [1.82, 2.24) is 10.3 Å². The largest absolute Gasteiger partial charge is 0.489 e. The van der Waals surface area contributed by atoms with E-state index in [1.165, 1.54) is 5.56 Å². The summed E-state index contributed by atoms with van der Waals surface area (Å²) in [4.78, 5) is 4.26. The van der Waals surface area contributed by atoms with Crippen LogP contribution in [0.25, 0.3) is 0 Å². The third-order valence-corrected chi connectivity index (χ3v) is 3.26. The Kier molecular flexibility index (Phi) is 5.80. The van der Waals surface area contributed by atoms with Crippen molar-refractivity contribution in [2.45, 2.75) is 59.6 Å². The quantitative estimate of drug-likeness (QED) is 0.854. The van der Waals surface area contributed by atoms with Crippen molar-refractivity contribution in [2.75, 3.05) is 7.05 Å². The summed E-state index contributed by atoms with van der Waals surface area (Å²) in [6.07, 6.45) is 6.03. The van der Waals surface area contributed by atoms with Gasteiger partial charge in [0.2, 0.25) is 0 Å². The molecule has 1 N–H and O–H groups in total. The van der Waals surface area contributed by atoms with Crippen LogP contribution in [0.3, 0.4) is 0 Å². The smallest absolute Gasteiger partial charge is 0.138 e. The van der Waals surface area contributed by atoms with Crippen molar-refractivity contribution in [3.05, 3.63) is 24.0 Å². The van der Waals surface area contributed by atoms with E-state index in [2.05, 4.69) is 37.1 Å². The molecule has 0 aliphatic carbocycles. The number of rotatable bonds is 6. The van der Waals surface area contributed by atoms with Crippen molar-refractivity contribution in [2.24, 2.45) is 5.41 Å². The highest BCUT2D eigenvalue weighted by atomic mass is 16.5. The highest BCUT2D eigenvalue weighted by Crippen LogP contribution is 2.23. The zero-order valence-electron chi connectivity index (χ0n) is 13.2. The van der Waals surface area contributed by atoms with Gasteiger partial charge in [-0.3, -0.25) is 4.98 Å². The molecule has 0 aromatic carbocycles. The van der Waals surface area contributed by atoms with E-state index < -0.39 is 0 Å². The summed E-state index contributed by atoms with van der Waals surface area (Å²) in [7, 11) is 2.03. The molecular weight excluding hydrogens is 236 g/mol. The summed E-state index contributed by atoms with van der Waals surface area (Å²) >= 11 is 0. The summed E-state index contributed by atoms with van der Waals surface area (Å²) in [6.45, 7) is 10.9. The van der Waals surface area contributed by atoms with Crippen LogP contribution in [0.5, 0.6) is 5.75 Å². The SMILES string of the molecule is CNC(CCc1cncc(OC(C)C)c1)C(C)(C)C. The molecule has 0 radical (unpaired) electrons. The zero-order chi connectivity index (χ0) is 14.5. The Balaban J connectivity index is 2.62. The fourth-order valence-corrected chi connectivity index (χ4v) is 2.26. The number of aromatic nitrogens is 1. The third kappa shape index (κ3) is 5.60. The second-order valence-corrected chi connectivity index (χ2v) is 6.44. The number of ether oxygens (including phenoxy) is 1. The average molecular weight is 264 g/mol. The first-order valence-corrected chi connectivity index (χ1v) is 7.10. The van der Waals surface area contributed by atoms with Gasteiger partial charge in [0.25, 0.3) is 0 Å². The van der Waals surface area contributed by atoms with Gasteiger partial charge < -0.3 is 10.1 Å². The molecule has 0 saturated heterocycles. The highest BCUT2D eigenvalue weighted by Gasteiger charge is 2.22. The van der Waals surface area contributed by atoms with E-state index in [4.69, 9.17) is 4.74 Å². The van der Waals surface area contributed by atoms with E-state index in [-0.39, 0.29) is 11.5 Å². The van der Waals surface area contributed by atoms with Crippen LogP contribution in [0.15, 0.2) is 18.5 Å². The molecule has 1 aromatic heterocycles. The van der Waals surface area contributed by atoms with Gasteiger partial charge in [0.1, 0.15) is 5.75 Å². The fourth-order valence-electron chi connectivity index (χ4n) is 2.26. The summed E-state index contributed by atoms with van der Waals surface area (Å²) < 4.78 is 5.68. The topological polar surface area (TPSA) is 34.2 Å². The molecule has 108 valence electrons. The molecule has 1 unspecified atom stereocenters. The lowest BCUT2D eigenvalue weighted by Crippen LogP contribution is -2.38. The summed E-state index contributed by atoms with van der Waals surface area (Å²) in [5.41, 5.74) is 1.51. The molecule has 1 aromatic rings. The van der Waals surface area contributed by atoms with Crippen molar-refractivity contribution in [1.29, 1.82) is 0 Å². The molecule has 0 amide bonds. The Labute approximate surface area is 117 Å². The Morgan fingerprint density at radius 2 is 1.95 bits per heavy atom. The standard InChI is InChI=1S/C16H28N2O/c1-12(2)19-14-9-13(10-18-11-14)7-8-15(17-6)16(3,4)5/h9-12,15,17H,7-8H2,1-6H3. The molecule has 1 heterocycles. The van der Waals surface area contributed by atoms with E-state index >= 15 is 0 Å². The van der Waals surface area contributed by atoms with Gasteiger partial charge in [0.15, 0.2) is 0 Å². The first-order chi connectivity index (χ1) is 8.82. The second kappa shape index (κ2) is 6.90. The third-order valence-electron chi connectivity index (χ3n) is 3.26. The molecule has 3 nitrogen and oxygen atoms in total. The monoisotopic (exact) mass is 264 g/mol. The van der Waals surface area contributed by atoms with E-state index in [0.717, 1.165) is 18.6 Å². The minimum Gasteiger partial charge on any atom is -0.489 e. The van der Waals surface area contributed by atoms with Crippen LogP contribution in [0.4, 0.5) is 0 Å². The molecule has 0 spiro atoms. The van der Waals surface area contributed by atoms with Gasteiger partial charge in [0.05, 0.1) is 12.3 Å². The maximum absolute atomic E-state index is 5.68. The summed E-state index contributed by atoms with van der Waals surface area (Å²) in [6, 6.07) is 2.60. The lowest BCUT2D eigenvalue weighted by molar-refractivity contribution is 0.241. The molecule has 0 aliphatic heterocycles. The average Bonchev–Trinajstić information content (AvgIpc) is 2.27. The van der Waals surface area contributed by atoms with Gasteiger partial charge >= 0.3 is 0 Å². The molecule has 0 aliphatic rings. The maximum atomic E-state index is 5.68. The van der Waals surface area contributed by atoms with Crippen LogP contribution in [-0.4, -0.2) is 24.2 Å². The molecule has 0 saturated carbocycles. The van der Waals surface area contributed by atoms with Crippen molar-refractivity contribution in [3.8, 4) is 5.75 Å². The van der Waals surface area contributed by atoms with Crippen molar-refractivity contribution >= 4 is 0 Å². The Morgan fingerprint density at radius 3 is 2.47 bits per heavy atom. The van der Waals surface area contributed by atoms with Crippen molar-refractivity contribution in [3.63, 3.8) is 0 Å². The number of aryl methyl sites for hydroxylation is 1. The first kappa shape index (κ1) is 16.0. The van der Waals surface area contributed by atoms with Gasteiger partial charge in [0, 0.05) is 12.2 Å². The number of hydrogen-bond donors (Lipinski definition) is 1. The number of nitrogens with zero attached hydrogens (tertiary/aromatic N) is 1. The van der Waals surface area contributed by atoms with E-state index in [1.54, 1.807) is 6.20 Å². The second-order valence-electron chi connectivity index (χ2n) is 6.44. The number of nitrogens with one attached hydrogen (secondary N) is 1. The van der Waals surface area contributed by atoms with Gasteiger partial charge in [-0.25, -0.2) is 0 Å². The summed E-state index contributed by atoms with van der Waals surface area (Å²) in [5, 5.41) is 3.41. The Morgan fingerprint density at radius 1 is 1.26 bits per heavy atom. The van der Waals surface area contributed by atoms with Crippen LogP contribution < -0.4 is 10.1 Å². The Hall–Kier alpha value is -1.09.